The van der Waals surface area contributed by atoms with Gasteiger partial charge in [0.2, 0.25) is 0 Å². The zero-order chi connectivity index (χ0) is 25.8. The molecule has 0 aromatic rings. The first kappa shape index (κ1) is 25.3. The van der Waals surface area contributed by atoms with Crippen LogP contribution in [0.25, 0.3) is 0 Å². The van der Waals surface area contributed by atoms with Crippen LogP contribution in [0.3, 0.4) is 0 Å². The third-order valence-electron chi connectivity index (χ3n) is 10.8. The molecule has 4 N–H and O–H groups in total. The van der Waals surface area contributed by atoms with E-state index in [1.54, 1.807) is 6.92 Å². The molecule has 0 bridgehead atoms. The molecule has 0 aromatic heterocycles. The largest absolute Gasteiger partial charge is 0.393 e. The minimum absolute atomic E-state index is 0.00901. The molecule has 1 saturated heterocycles. The normalized spacial score (nSPS) is 48.8. The average Bonchev–Trinajstić information content (AvgIpc) is 3.23. The molecule has 2 saturated carbocycles. The Balaban J connectivity index is 1.59. The lowest BCUT2D eigenvalue weighted by Gasteiger charge is -2.55. The molecule has 7 nitrogen and oxygen atoms in total. The van der Waals surface area contributed by atoms with Crippen LogP contribution in [0, 0.1) is 34.5 Å². The lowest BCUT2D eigenvalue weighted by Crippen LogP contribution is -2.64. The maximum absolute atomic E-state index is 13.9. The molecule has 1 aliphatic heterocycles. The fourth-order valence-electron chi connectivity index (χ4n) is 8.26. The van der Waals surface area contributed by atoms with Gasteiger partial charge in [0.15, 0.2) is 11.6 Å². The number of carbonyl (C=O) groups excluding carboxylic acids is 2. The minimum atomic E-state index is -1.73. The summed E-state index contributed by atoms with van der Waals surface area (Å²) in [6.45, 7) is 11.6. The van der Waals surface area contributed by atoms with E-state index < -0.39 is 64.4 Å². The van der Waals surface area contributed by atoms with E-state index in [1.165, 1.54) is 6.08 Å². The van der Waals surface area contributed by atoms with E-state index >= 15 is 0 Å². The van der Waals surface area contributed by atoms with Gasteiger partial charge in [0, 0.05) is 34.3 Å². The third-order valence-corrected chi connectivity index (χ3v) is 10.8. The Kier molecular flexibility index (Phi) is 5.64. The van der Waals surface area contributed by atoms with Gasteiger partial charge in [-0.05, 0) is 43.1 Å². The van der Waals surface area contributed by atoms with Crippen molar-refractivity contribution < 1.29 is 34.8 Å². The molecule has 0 spiro atoms. The fourth-order valence-corrected chi connectivity index (χ4v) is 8.26. The number of aliphatic hydroxyl groups excluding tert-OH is 3. The summed E-state index contributed by atoms with van der Waals surface area (Å²) in [7, 11) is 0. The molecule has 35 heavy (non-hydrogen) atoms. The Morgan fingerprint density at radius 3 is 2.40 bits per heavy atom. The van der Waals surface area contributed by atoms with Crippen molar-refractivity contribution in [2.45, 2.75) is 103 Å². The van der Waals surface area contributed by atoms with Crippen LogP contribution in [-0.4, -0.2) is 68.1 Å². The Bertz CT molecular complexity index is 1030. The Morgan fingerprint density at radius 1 is 1.11 bits per heavy atom. The first-order valence-corrected chi connectivity index (χ1v) is 13.2. The number of fused-ring (bicyclic) bond motifs is 6. The second-order valence-electron chi connectivity index (χ2n) is 12.7. The van der Waals surface area contributed by atoms with Gasteiger partial charge < -0.3 is 25.2 Å². The summed E-state index contributed by atoms with van der Waals surface area (Å²) in [4.78, 5) is 27.4. The highest BCUT2D eigenvalue weighted by molar-refractivity contribution is 6.18. The number of ether oxygens (including phenoxy) is 1. The standard InChI is InChI=1S/C28H40O7/c1-12(2)13(3)22(31)24-14(4)19-18(35-24)11-28(34)20-17(30)10-15-9-16(29)7-8-26(15,5)21(20)23(32)25(33)27(19,28)6/h10,12-14,16,18-19,22,24-25,29,31,33-34H,7-9,11H2,1-6H3/t13-,14+,16+,18+,19+,22-,24-,25+,26+,27+,28+/m1/s1. The van der Waals surface area contributed by atoms with E-state index in [2.05, 4.69) is 0 Å². The second kappa shape index (κ2) is 7.81. The number of carbonyl (C=O) groups is 2. The van der Waals surface area contributed by atoms with Crippen molar-refractivity contribution in [2.24, 2.45) is 34.5 Å². The molecule has 3 fully saturated rings. The summed E-state index contributed by atoms with van der Waals surface area (Å²) in [5.74, 6) is -1.31. The summed E-state index contributed by atoms with van der Waals surface area (Å²) in [6, 6.07) is 0. The highest BCUT2D eigenvalue weighted by atomic mass is 16.5. The van der Waals surface area contributed by atoms with Gasteiger partial charge in [-0.25, -0.2) is 0 Å². The lowest BCUT2D eigenvalue weighted by molar-refractivity contribution is -0.162. The van der Waals surface area contributed by atoms with Gasteiger partial charge >= 0.3 is 0 Å². The van der Waals surface area contributed by atoms with E-state index in [0.717, 1.165) is 0 Å². The number of ketones is 2. The summed E-state index contributed by atoms with van der Waals surface area (Å²) in [5, 5.41) is 45.2. The van der Waals surface area contributed by atoms with Crippen LogP contribution in [0.4, 0.5) is 0 Å². The molecular formula is C28H40O7. The van der Waals surface area contributed by atoms with Crippen LogP contribution in [0.15, 0.2) is 22.8 Å². The fraction of sp³-hybridized carbons (Fsp3) is 0.786. The van der Waals surface area contributed by atoms with Crippen LogP contribution >= 0.6 is 0 Å². The molecule has 5 aliphatic rings. The molecule has 5 rings (SSSR count). The predicted octanol–water partition coefficient (Wildman–Crippen LogP) is 2.10. The van der Waals surface area contributed by atoms with Crippen LogP contribution in [0.5, 0.6) is 0 Å². The van der Waals surface area contributed by atoms with Crippen molar-refractivity contribution in [1.29, 1.82) is 0 Å². The summed E-state index contributed by atoms with van der Waals surface area (Å²) in [5.41, 5.74) is -2.83. The molecule has 0 aromatic carbocycles. The smallest absolute Gasteiger partial charge is 0.189 e. The molecule has 0 unspecified atom stereocenters. The number of Topliss-reactive ketones (excluding diaryl/α,β-unsaturated/α-hetero) is 1. The molecule has 4 aliphatic carbocycles. The van der Waals surface area contributed by atoms with E-state index in [9.17, 15) is 30.0 Å². The Labute approximate surface area is 207 Å². The van der Waals surface area contributed by atoms with Crippen molar-refractivity contribution in [3.05, 3.63) is 22.8 Å². The Hall–Kier alpha value is -1.38. The van der Waals surface area contributed by atoms with Crippen molar-refractivity contribution in [3.63, 3.8) is 0 Å². The van der Waals surface area contributed by atoms with Gasteiger partial charge in [-0.15, -0.1) is 0 Å². The van der Waals surface area contributed by atoms with E-state index in [4.69, 9.17) is 4.74 Å². The van der Waals surface area contributed by atoms with E-state index in [-0.39, 0.29) is 35.3 Å². The van der Waals surface area contributed by atoms with Crippen molar-refractivity contribution in [1.82, 2.24) is 0 Å². The molecular weight excluding hydrogens is 448 g/mol. The second-order valence-corrected chi connectivity index (χ2v) is 12.7. The molecule has 1 heterocycles. The maximum atomic E-state index is 13.9. The molecule has 7 heteroatoms. The molecule has 0 amide bonds. The Morgan fingerprint density at radius 2 is 1.77 bits per heavy atom. The van der Waals surface area contributed by atoms with Crippen LogP contribution < -0.4 is 0 Å². The molecule has 0 radical (unpaired) electrons. The average molecular weight is 489 g/mol. The van der Waals surface area contributed by atoms with E-state index in [0.29, 0.717) is 24.8 Å². The quantitative estimate of drug-likeness (QED) is 0.480. The minimum Gasteiger partial charge on any atom is -0.393 e. The van der Waals surface area contributed by atoms with Crippen molar-refractivity contribution >= 4 is 11.6 Å². The van der Waals surface area contributed by atoms with E-state index in [1.807, 2.05) is 34.6 Å². The van der Waals surface area contributed by atoms with Gasteiger partial charge in [-0.3, -0.25) is 9.59 Å². The number of aliphatic hydroxyl groups is 4. The first-order valence-electron chi connectivity index (χ1n) is 13.2. The van der Waals surface area contributed by atoms with Crippen LogP contribution in [0.1, 0.15) is 67.2 Å². The first-order chi connectivity index (χ1) is 16.2. The van der Waals surface area contributed by atoms with Gasteiger partial charge in [0.05, 0.1) is 24.4 Å². The summed E-state index contributed by atoms with van der Waals surface area (Å²) in [6.07, 6.45) is -0.909. The monoisotopic (exact) mass is 488 g/mol. The van der Waals surface area contributed by atoms with Crippen molar-refractivity contribution in [2.75, 3.05) is 0 Å². The number of rotatable bonds is 3. The topological polar surface area (TPSA) is 124 Å². The number of allylic oxidation sites excluding steroid dienone is 1. The highest BCUT2D eigenvalue weighted by Gasteiger charge is 2.75. The zero-order valence-corrected chi connectivity index (χ0v) is 21.6. The lowest BCUT2D eigenvalue weighted by atomic mass is 9.50. The third kappa shape index (κ3) is 3.02. The maximum Gasteiger partial charge on any atom is 0.189 e. The molecule has 194 valence electrons. The molecule has 11 atom stereocenters. The number of hydrogen-bond donors (Lipinski definition) is 4. The summed E-state index contributed by atoms with van der Waals surface area (Å²) >= 11 is 0. The van der Waals surface area contributed by atoms with Crippen molar-refractivity contribution in [3.8, 4) is 0 Å². The predicted molar refractivity (Wildman–Crippen MR) is 128 cm³/mol. The SMILES string of the molecule is CC(C)[C@@H](C)[C@@H](O)[C@@H]1O[C@H]2C[C@]3(O)C4=C(C(=O)[C@H](O)[C@]3(C)[C@H]2[C@@H]1C)[C@@]1(C)CC[C@H](O)CC1=CC4=O. The zero-order valence-electron chi connectivity index (χ0n) is 21.6. The number of hydrogen-bond acceptors (Lipinski definition) is 7. The van der Waals surface area contributed by atoms with Gasteiger partial charge in [0.1, 0.15) is 11.7 Å². The van der Waals surface area contributed by atoms with Gasteiger partial charge in [-0.1, -0.05) is 47.1 Å². The summed E-state index contributed by atoms with van der Waals surface area (Å²) < 4.78 is 6.38. The highest BCUT2D eigenvalue weighted by Crippen LogP contribution is 2.67. The van der Waals surface area contributed by atoms with Gasteiger partial charge in [-0.2, -0.15) is 0 Å². The van der Waals surface area contributed by atoms with Gasteiger partial charge in [0.25, 0.3) is 0 Å². The van der Waals surface area contributed by atoms with Crippen LogP contribution in [-0.2, 0) is 14.3 Å². The van der Waals surface area contributed by atoms with Crippen LogP contribution in [0.2, 0.25) is 0 Å².